The summed E-state index contributed by atoms with van der Waals surface area (Å²) in [6.07, 6.45) is 1.25. The Morgan fingerprint density at radius 2 is 1.92 bits per heavy atom. The van der Waals surface area contributed by atoms with Crippen LogP contribution in [0.1, 0.15) is 17.2 Å². The third-order valence-corrected chi connectivity index (χ3v) is 4.06. The van der Waals surface area contributed by atoms with Gasteiger partial charge in [-0.05, 0) is 23.8 Å². The number of aromatic nitrogens is 1. The van der Waals surface area contributed by atoms with Crippen LogP contribution in [0.2, 0.25) is 0 Å². The lowest BCUT2D eigenvalue weighted by Gasteiger charge is -2.11. The maximum Gasteiger partial charge on any atom is 0.224 e. The molecule has 1 unspecified atom stereocenters. The fourth-order valence-corrected chi connectivity index (χ4v) is 2.81. The first-order chi connectivity index (χ1) is 11.5. The molecular formula is C19H19FN2O2. The first-order valence-electron chi connectivity index (χ1n) is 7.78. The number of benzene rings is 2. The van der Waals surface area contributed by atoms with Crippen molar-refractivity contribution in [3.8, 4) is 0 Å². The Labute approximate surface area is 139 Å². The number of carbonyl (C=O) groups is 1. The van der Waals surface area contributed by atoms with Crippen LogP contribution in [0.5, 0.6) is 0 Å². The van der Waals surface area contributed by atoms with Crippen LogP contribution in [0.3, 0.4) is 0 Å². The third kappa shape index (κ3) is 3.46. The summed E-state index contributed by atoms with van der Waals surface area (Å²) in [5.74, 6) is -0.536. The number of aryl methyl sites for hydroxylation is 1. The van der Waals surface area contributed by atoms with Crippen molar-refractivity contribution in [2.45, 2.75) is 12.5 Å². The SMILES string of the molecule is Cn1cc(C(O)CNC(=O)Cc2ccc(F)cc2)c2ccccc21. The average Bonchev–Trinajstić information content (AvgIpc) is 2.92. The number of nitrogens with zero attached hydrogens (tertiary/aromatic N) is 1. The van der Waals surface area contributed by atoms with Crippen molar-refractivity contribution >= 4 is 16.8 Å². The van der Waals surface area contributed by atoms with Gasteiger partial charge in [0.25, 0.3) is 0 Å². The molecule has 0 bridgehead atoms. The van der Waals surface area contributed by atoms with Crippen molar-refractivity contribution in [1.29, 1.82) is 0 Å². The molecular weight excluding hydrogens is 307 g/mol. The summed E-state index contributed by atoms with van der Waals surface area (Å²) in [7, 11) is 1.92. The molecule has 1 heterocycles. The highest BCUT2D eigenvalue weighted by Gasteiger charge is 2.15. The molecule has 1 atom stereocenters. The number of aliphatic hydroxyl groups is 1. The van der Waals surface area contributed by atoms with Crippen LogP contribution in [0.4, 0.5) is 4.39 Å². The van der Waals surface area contributed by atoms with Crippen molar-refractivity contribution in [2.24, 2.45) is 7.05 Å². The van der Waals surface area contributed by atoms with Crippen LogP contribution < -0.4 is 5.32 Å². The normalized spacial score (nSPS) is 12.3. The Bertz CT molecular complexity index is 855. The van der Waals surface area contributed by atoms with E-state index in [9.17, 15) is 14.3 Å². The van der Waals surface area contributed by atoms with Gasteiger partial charge in [0.2, 0.25) is 5.91 Å². The van der Waals surface area contributed by atoms with Crippen molar-refractivity contribution in [2.75, 3.05) is 6.54 Å². The quantitative estimate of drug-likeness (QED) is 0.757. The predicted octanol–water partition coefficient (Wildman–Crippen LogP) is 2.71. The molecule has 124 valence electrons. The molecule has 24 heavy (non-hydrogen) atoms. The first kappa shape index (κ1) is 16.2. The van der Waals surface area contributed by atoms with Crippen molar-refractivity contribution in [3.63, 3.8) is 0 Å². The fraction of sp³-hybridized carbons (Fsp3) is 0.211. The van der Waals surface area contributed by atoms with Crippen LogP contribution >= 0.6 is 0 Å². The summed E-state index contributed by atoms with van der Waals surface area (Å²) < 4.78 is 14.8. The van der Waals surface area contributed by atoms with Crippen molar-refractivity contribution in [3.05, 3.63) is 71.7 Å². The highest BCUT2D eigenvalue weighted by molar-refractivity contribution is 5.84. The Hall–Kier alpha value is -2.66. The van der Waals surface area contributed by atoms with Gasteiger partial charge in [0.15, 0.2) is 0 Å². The topological polar surface area (TPSA) is 54.3 Å². The smallest absolute Gasteiger partial charge is 0.224 e. The monoisotopic (exact) mass is 326 g/mol. The summed E-state index contributed by atoms with van der Waals surface area (Å²) in [6, 6.07) is 13.6. The molecule has 2 N–H and O–H groups in total. The van der Waals surface area contributed by atoms with Gasteiger partial charge in [0.1, 0.15) is 5.82 Å². The molecule has 3 rings (SSSR count). The molecule has 0 saturated carbocycles. The van der Waals surface area contributed by atoms with Gasteiger partial charge in [-0.25, -0.2) is 4.39 Å². The number of halogens is 1. The summed E-state index contributed by atoms with van der Waals surface area (Å²) in [5, 5.41) is 14.1. The van der Waals surface area contributed by atoms with Crippen LogP contribution in [-0.4, -0.2) is 22.1 Å². The van der Waals surface area contributed by atoms with Gasteiger partial charge < -0.3 is 15.0 Å². The fourth-order valence-electron chi connectivity index (χ4n) is 2.81. The van der Waals surface area contributed by atoms with Crippen molar-refractivity contribution in [1.82, 2.24) is 9.88 Å². The number of amides is 1. The van der Waals surface area contributed by atoms with Crippen LogP contribution in [0.25, 0.3) is 10.9 Å². The number of rotatable bonds is 5. The van der Waals surface area contributed by atoms with E-state index in [1.54, 1.807) is 12.1 Å². The van der Waals surface area contributed by atoms with E-state index < -0.39 is 6.10 Å². The lowest BCUT2D eigenvalue weighted by molar-refractivity contribution is -0.120. The van der Waals surface area contributed by atoms with Gasteiger partial charge in [-0.1, -0.05) is 30.3 Å². The van der Waals surface area contributed by atoms with Gasteiger partial charge >= 0.3 is 0 Å². The average molecular weight is 326 g/mol. The molecule has 0 aliphatic carbocycles. The minimum absolute atomic E-state index is 0.133. The number of hydrogen-bond donors (Lipinski definition) is 2. The molecule has 1 amide bonds. The van der Waals surface area contributed by atoms with E-state index >= 15 is 0 Å². The predicted molar refractivity (Wildman–Crippen MR) is 91.0 cm³/mol. The molecule has 0 radical (unpaired) electrons. The summed E-state index contributed by atoms with van der Waals surface area (Å²) in [4.78, 5) is 12.0. The first-order valence-corrected chi connectivity index (χ1v) is 7.78. The molecule has 0 fully saturated rings. The molecule has 4 nitrogen and oxygen atoms in total. The number of carbonyl (C=O) groups excluding carboxylic acids is 1. The largest absolute Gasteiger partial charge is 0.386 e. The van der Waals surface area contributed by atoms with E-state index in [0.29, 0.717) is 0 Å². The number of nitrogens with one attached hydrogen (secondary N) is 1. The van der Waals surface area contributed by atoms with Gasteiger partial charge in [-0.15, -0.1) is 0 Å². The van der Waals surface area contributed by atoms with E-state index in [2.05, 4.69) is 5.32 Å². The minimum atomic E-state index is -0.784. The van der Waals surface area contributed by atoms with Crippen LogP contribution in [0.15, 0.2) is 54.7 Å². The van der Waals surface area contributed by atoms with E-state index in [0.717, 1.165) is 22.0 Å². The number of hydrogen-bond acceptors (Lipinski definition) is 2. The van der Waals surface area contributed by atoms with Crippen molar-refractivity contribution < 1.29 is 14.3 Å². The summed E-state index contributed by atoms with van der Waals surface area (Å²) in [5.41, 5.74) is 2.55. The summed E-state index contributed by atoms with van der Waals surface area (Å²) in [6.45, 7) is 0.133. The Kier molecular flexibility index (Phi) is 4.62. The zero-order chi connectivity index (χ0) is 17.1. The molecule has 0 aliphatic rings. The van der Waals surface area contributed by atoms with Gasteiger partial charge in [-0.3, -0.25) is 4.79 Å². The van der Waals surface area contributed by atoms with Gasteiger partial charge in [0.05, 0.1) is 12.5 Å². The number of para-hydroxylation sites is 1. The molecule has 0 spiro atoms. The Morgan fingerprint density at radius 1 is 1.21 bits per heavy atom. The lowest BCUT2D eigenvalue weighted by Crippen LogP contribution is -2.29. The minimum Gasteiger partial charge on any atom is -0.386 e. The molecule has 1 aromatic heterocycles. The van der Waals surface area contributed by atoms with Gasteiger partial charge in [-0.2, -0.15) is 0 Å². The standard InChI is InChI=1S/C19H19FN2O2/c1-22-12-16(15-4-2-3-5-17(15)22)18(23)11-21-19(24)10-13-6-8-14(20)9-7-13/h2-9,12,18,23H,10-11H2,1H3,(H,21,24). The highest BCUT2D eigenvalue weighted by Crippen LogP contribution is 2.25. The van der Waals surface area contributed by atoms with Crippen LogP contribution in [0, 0.1) is 5.82 Å². The lowest BCUT2D eigenvalue weighted by atomic mass is 10.1. The van der Waals surface area contributed by atoms with E-state index in [4.69, 9.17) is 0 Å². The van der Waals surface area contributed by atoms with Gasteiger partial charge in [0, 0.05) is 36.3 Å². The zero-order valence-corrected chi connectivity index (χ0v) is 13.4. The maximum absolute atomic E-state index is 12.9. The number of aliphatic hydroxyl groups excluding tert-OH is 1. The number of fused-ring (bicyclic) bond motifs is 1. The maximum atomic E-state index is 12.9. The van der Waals surface area contributed by atoms with E-state index in [1.807, 2.05) is 42.1 Å². The zero-order valence-electron chi connectivity index (χ0n) is 13.4. The second kappa shape index (κ2) is 6.84. The second-order valence-corrected chi connectivity index (χ2v) is 5.84. The second-order valence-electron chi connectivity index (χ2n) is 5.84. The van der Waals surface area contributed by atoms with Crippen LogP contribution in [-0.2, 0) is 18.3 Å². The third-order valence-electron chi connectivity index (χ3n) is 4.06. The molecule has 0 saturated heterocycles. The molecule has 5 heteroatoms. The highest BCUT2D eigenvalue weighted by atomic mass is 19.1. The Morgan fingerprint density at radius 3 is 2.67 bits per heavy atom. The van der Waals surface area contributed by atoms with E-state index in [-0.39, 0.29) is 24.7 Å². The molecule has 0 aliphatic heterocycles. The molecule has 2 aromatic carbocycles. The summed E-state index contributed by atoms with van der Waals surface area (Å²) >= 11 is 0. The van der Waals surface area contributed by atoms with E-state index in [1.165, 1.54) is 12.1 Å². The molecule has 3 aromatic rings. The Balaban J connectivity index is 1.63.